The number of nitrogens with zero attached hydrogens (tertiary/aromatic N) is 2. The third kappa shape index (κ3) is 3.10. The maximum absolute atomic E-state index is 11.3. The Morgan fingerprint density at radius 2 is 2.00 bits per heavy atom. The fourth-order valence-corrected chi connectivity index (χ4v) is 2.91. The van der Waals surface area contributed by atoms with Gasteiger partial charge < -0.3 is 10.0 Å². The van der Waals surface area contributed by atoms with Crippen LogP contribution in [0.5, 0.6) is 0 Å². The van der Waals surface area contributed by atoms with E-state index >= 15 is 0 Å². The molecule has 0 aromatic heterocycles. The Kier molecular flexibility index (Phi) is 4.60. The van der Waals surface area contributed by atoms with Crippen LogP contribution in [0.15, 0.2) is 18.2 Å². The third-order valence-electron chi connectivity index (χ3n) is 4.18. The lowest BCUT2D eigenvalue weighted by atomic mass is 9.94. The Hall–Kier alpha value is -1.62. The first-order valence-corrected chi connectivity index (χ1v) is 7.20. The van der Waals surface area contributed by atoms with Crippen LogP contribution in [0.3, 0.4) is 0 Å². The van der Waals surface area contributed by atoms with E-state index in [-0.39, 0.29) is 10.6 Å². The van der Waals surface area contributed by atoms with E-state index in [0.717, 1.165) is 12.8 Å². The molecule has 1 aliphatic carbocycles. The molecular formula is C15H22N2O3. The number of hydrogen-bond acceptors (Lipinski definition) is 4. The summed E-state index contributed by atoms with van der Waals surface area (Å²) >= 11 is 0. The summed E-state index contributed by atoms with van der Waals surface area (Å²) in [6.45, 7) is 1.61. The quantitative estimate of drug-likeness (QED) is 0.677. The van der Waals surface area contributed by atoms with Crippen LogP contribution in [0.1, 0.15) is 50.7 Å². The molecule has 5 heteroatoms. The zero-order chi connectivity index (χ0) is 14.7. The molecule has 20 heavy (non-hydrogen) atoms. The minimum absolute atomic E-state index is 0.0801. The molecule has 1 aromatic rings. The summed E-state index contributed by atoms with van der Waals surface area (Å²) in [7, 11) is 1.93. The standard InChI is InChI=1S/C15H22N2O3/c1-11(18)12-8-9-14(15(10-12)17(19)20)16(2)13-6-4-3-5-7-13/h8-11,13,18H,3-7H2,1-2H3. The molecule has 1 aliphatic rings. The lowest BCUT2D eigenvalue weighted by Crippen LogP contribution is -2.33. The van der Waals surface area contributed by atoms with E-state index in [1.807, 2.05) is 11.9 Å². The SMILES string of the molecule is CC(O)c1ccc(N(C)C2CCCCC2)c([N+](=O)[O-])c1. The number of benzene rings is 1. The number of hydrogen-bond donors (Lipinski definition) is 1. The molecule has 0 bridgehead atoms. The Labute approximate surface area is 119 Å². The Morgan fingerprint density at radius 3 is 2.55 bits per heavy atom. The highest BCUT2D eigenvalue weighted by atomic mass is 16.6. The first kappa shape index (κ1) is 14.8. The van der Waals surface area contributed by atoms with Crippen molar-refractivity contribution in [2.75, 3.05) is 11.9 Å². The Morgan fingerprint density at radius 1 is 1.35 bits per heavy atom. The van der Waals surface area contributed by atoms with E-state index in [1.165, 1.54) is 25.3 Å². The summed E-state index contributed by atoms with van der Waals surface area (Å²) in [5.74, 6) is 0. The molecule has 1 saturated carbocycles. The number of nitro groups is 1. The highest BCUT2D eigenvalue weighted by Gasteiger charge is 2.25. The monoisotopic (exact) mass is 278 g/mol. The van der Waals surface area contributed by atoms with Gasteiger partial charge in [-0.3, -0.25) is 10.1 Å². The summed E-state index contributed by atoms with van der Waals surface area (Å²) in [4.78, 5) is 13.0. The number of rotatable bonds is 4. The van der Waals surface area contributed by atoms with Crippen molar-refractivity contribution < 1.29 is 10.0 Å². The predicted octanol–water partition coefficient (Wildman–Crippen LogP) is 3.42. The molecule has 5 nitrogen and oxygen atoms in total. The summed E-state index contributed by atoms with van der Waals surface area (Å²) < 4.78 is 0. The van der Waals surface area contributed by atoms with Crippen LogP contribution in [-0.4, -0.2) is 23.1 Å². The van der Waals surface area contributed by atoms with Crippen LogP contribution in [0.25, 0.3) is 0 Å². The smallest absolute Gasteiger partial charge is 0.292 e. The van der Waals surface area contributed by atoms with Gasteiger partial charge in [-0.25, -0.2) is 0 Å². The second-order valence-electron chi connectivity index (χ2n) is 5.58. The Balaban J connectivity index is 2.31. The van der Waals surface area contributed by atoms with Gasteiger partial charge in [0.05, 0.1) is 11.0 Å². The molecule has 1 fully saturated rings. The number of anilines is 1. The molecule has 2 rings (SSSR count). The first-order chi connectivity index (χ1) is 9.50. The molecule has 0 aliphatic heterocycles. The minimum Gasteiger partial charge on any atom is -0.389 e. The molecule has 0 amide bonds. The van der Waals surface area contributed by atoms with Crippen LogP contribution in [0.2, 0.25) is 0 Å². The molecule has 0 radical (unpaired) electrons. The molecule has 1 unspecified atom stereocenters. The van der Waals surface area contributed by atoms with E-state index in [0.29, 0.717) is 17.3 Å². The fourth-order valence-electron chi connectivity index (χ4n) is 2.91. The van der Waals surface area contributed by atoms with Gasteiger partial charge in [0.25, 0.3) is 5.69 Å². The molecule has 1 N–H and O–H groups in total. The summed E-state index contributed by atoms with van der Waals surface area (Å²) in [5.41, 5.74) is 1.31. The van der Waals surface area contributed by atoms with Gasteiger partial charge in [-0.1, -0.05) is 25.3 Å². The van der Waals surface area contributed by atoms with Crippen LogP contribution in [0.4, 0.5) is 11.4 Å². The molecular weight excluding hydrogens is 256 g/mol. The highest BCUT2D eigenvalue weighted by Crippen LogP contribution is 2.34. The maximum Gasteiger partial charge on any atom is 0.292 e. The third-order valence-corrected chi connectivity index (χ3v) is 4.18. The molecule has 1 aromatic carbocycles. The van der Waals surface area contributed by atoms with E-state index in [2.05, 4.69) is 0 Å². The topological polar surface area (TPSA) is 66.6 Å². The number of nitro benzene ring substituents is 1. The molecule has 0 saturated heterocycles. The van der Waals surface area contributed by atoms with Crippen LogP contribution >= 0.6 is 0 Å². The average Bonchev–Trinajstić information content (AvgIpc) is 2.46. The van der Waals surface area contributed by atoms with Crippen LogP contribution < -0.4 is 4.90 Å². The van der Waals surface area contributed by atoms with Gasteiger partial charge in [-0.05, 0) is 31.4 Å². The molecule has 0 heterocycles. The number of aliphatic hydroxyl groups is 1. The summed E-state index contributed by atoms with van der Waals surface area (Å²) in [6, 6.07) is 5.39. The van der Waals surface area contributed by atoms with Crippen LogP contribution in [0, 0.1) is 10.1 Å². The predicted molar refractivity (Wildman–Crippen MR) is 79.0 cm³/mol. The highest BCUT2D eigenvalue weighted by molar-refractivity contribution is 5.64. The van der Waals surface area contributed by atoms with E-state index in [1.54, 1.807) is 19.1 Å². The largest absolute Gasteiger partial charge is 0.389 e. The average molecular weight is 278 g/mol. The lowest BCUT2D eigenvalue weighted by molar-refractivity contribution is -0.384. The summed E-state index contributed by atoms with van der Waals surface area (Å²) in [5, 5.41) is 20.9. The molecule has 1 atom stereocenters. The van der Waals surface area contributed by atoms with E-state index in [9.17, 15) is 15.2 Å². The zero-order valence-corrected chi connectivity index (χ0v) is 12.1. The van der Waals surface area contributed by atoms with Crippen molar-refractivity contribution in [3.8, 4) is 0 Å². The van der Waals surface area contributed by atoms with Crippen molar-refractivity contribution in [2.24, 2.45) is 0 Å². The van der Waals surface area contributed by atoms with Crippen molar-refractivity contribution in [3.63, 3.8) is 0 Å². The molecule has 110 valence electrons. The van der Waals surface area contributed by atoms with Gasteiger partial charge in [-0.15, -0.1) is 0 Å². The molecule has 0 spiro atoms. The second-order valence-corrected chi connectivity index (χ2v) is 5.58. The normalized spacial score (nSPS) is 17.8. The second kappa shape index (κ2) is 6.22. The zero-order valence-electron chi connectivity index (χ0n) is 12.1. The van der Waals surface area contributed by atoms with Crippen LogP contribution in [-0.2, 0) is 0 Å². The van der Waals surface area contributed by atoms with Gasteiger partial charge in [0, 0.05) is 19.2 Å². The number of aliphatic hydroxyl groups excluding tert-OH is 1. The Bertz CT molecular complexity index is 482. The van der Waals surface area contributed by atoms with Crippen molar-refractivity contribution in [3.05, 3.63) is 33.9 Å². The van der Waals surface area contributed by atoms with Gasteiger partial charge in [0.15, 0.2) is 0 Å². The van der Waals surface area contributed by atoms with Crippen molar-refractivity contribution >= 4 is 11.4 Å². The lowest BCUT2D eigenvalue weighted by Gasteiger charge is -2.32. The van der Waals surface area contributed by atoms with Gasteiger partial charge in [0.2, 0.25) is 0 Å². The maximum atomic E-state index is 11.3. The van der Waals surface area contributed by atoms with Gasteiger partial charge in [0.1, 0.15) is 5.69 Å². The van der Waals surface area contributed by atoms with E-state index in [4.69, 9.17) is 0 Å². The van der Waals surface area contributed by atoms with Crippen molar-refractivity contribution in [2.45, 2.75) is 51.2 Å². The van der Waals surface area contributed by atoms with Crippen molar-refractivity contribution in [1.82, 2.24) is 0 Å². The fraction of sp³-hybridized carbons (Fsp3) is 0.600. The van der Waals surface area contributed by atoms with E-state index < -0.39 is 6.10 Å². The minimum atomic E-state index is -0.692. The van der Waals surface area contributed by atoms with Gasteiger partial charge >= 0.3 is 0 Å². The summed E-state index contributed by atoms with van der Waals surface area (Å²) in [6.07, 6.45) is 5.12. The first-order valence-electron chi connectivity index (χ1n) is 7.20. The van der Waals surface area contributed by atoms with Gasteiger partial charge in [-0.2, -0.15) is 0 Å². The van der Waals surface area contributed by atoms with Crippen molar-refractivity contribution in [1.29, 1.82) is 0 Å².